The lowest BCUT2D eigenvalue weighted by Gasteiger charge is -2.24. The first-order valence-corrected chi connectivity index (χ1v) is 12.3. The smallest absolute Gasteiger partial charge is 0.132 e. The number of pyridine rings is 1. The Morgan fingerprint density at radius 1 is 0.879 bits per heavy atom. The second-order valence-electron chi connectivity index (χ2n) is 8.62. The van der Waals surface area contributed by atoms with Crippen LogP contribution < -0.4 is 9.64 Å². The van der Waals surface area contributed by atoms with Gasteiger partial charge in [0.15, 0.2) is 0 Å². The number of rotatable bonds is 4. The van der Waals surface area contributed by atoms with E-state index in [1.54, 1.807) is 7.11 Å². The van der Waals surface area contributed by atoms with Crippen LogP contribution in [0.3, 0.4) is 0 Å². The number of fused-ring (bicyclic) bond motifs is 1. The van der Waals surface area contributed by atoms with E-state index >= 15 is 0 Å². The zero-order valence-electron chi connectivity index (χ0n) is 20.7. The van der Waals surface area contributed by atoms with E-state index in [-0.39, 0.29) is 0 Å². The summed E-state index contributed by atoms with van der Waals surface area (Å²) in [5.41, 5.74) is 4.11. The summed E-state index contributed by atoms with van der Waals surface area (Å²) in [4.78, 5) is 9.20. The number of nitrogens with zero attached hydrogens (tertiary/aromatic N) is 3. The molecule has 0 spiro atoms. The molecule has 5 rings (SSSR count). The van der Waals surface area contributed by atoms with E-state index in [4.69, 9.17) is 4.74 Å². The molecule has 3 heterocycles. The fourth-order valence-electron chi connectivity index (χ4n) is 4.31. The minimum atomic E-state index is 0.540. The Kier molecular flexibility index (Phi) is 9.77. The van der Waals surface area contributed by atoms with Crippen LogP contribution in [0.25, 0.3) is 0 Å². The first-order chi connectivity index (χ1) is 16.2. The fraction of sp³-hybridized carbons (Fsp3) is 0.414. The zero-order valence-corrected chi connectivity index (χ0v) is 20.7. The molecule has 1 atom stereocenters. The predicted octanol–water partition coefficient (Wildman–Crippen LogP) is 7.04. The van der Waals surface area contributed by atoms with Gasteiger partial charge in [-0.3, -0.25) is 4.90 Å². The van der Waals surface area contributed by atoms with Crippen LogP contribution >= 0.6 is 0 Å². The number of benzene rings is 2. The predicted molar refractivity (Wildman–Crippen MR) is 140 cm³/mol. The number of anilines is 2. The van der Waals surface area contributed by atoms with Gasteiger partial charge in [0.2, 0.25) is 0 Å². The van der Waals surface area contributed by atoms with E-state index in [0.717, 1.165) is 24.5 Å². The van der Waals surface area contributed by atoms with Gasteiger partial charge >= 0.3 is 0 Å². The van der Waals surface area contributed by atoms with Crippen LogP contribution in [0.5, 0.6) is 5.75 Å². The van der Waals surface area contributed by atoms with Gasteiger partial charge in [0.05, 0.1) is 7.11 Å². The van der Waals surface area contributed by atoms with Gasteiger partial charge in [0.25, 0.3) is 0 Å². The minimum Gasteiger partial charge on any atom is -0.497 e. The maximum absolute atomic E-state index is 5.16. The van der Waals surface area contributed by atoms with Crippen LogP contribution in [-0.4, -0.2) is 36.6 Å². The summed E-state index contributed by atoms with van der Waals surface area (Å²) in [6.07, 6.45) is 6.91. The van der Waals surface area contributed by atoms with Crippen molar-refractivity contribution >= 4 is 11.5 Å². The molecular formula is C29H39N3O. The lowest BCUT2D eigenvalue weighted by Crippen LogP contribution is -2.23. The molecule has 176 valence electrons. The summed E-state index contributed by atoms with van der Waals surface area (Å²) in [5, 5.41) is 0. The maximum atomic E-state index is 5.16. The average Bonchev–Trinajstić information content (AvgIpc) is 3.56. The average molecular weight is 446 g/mol. The monoisotopic (exact) mass is 445 g/mol. The second-order valence-corrected chi connectivity index (χ2v) is 8.62. The molecule has 0 saturated carbocycles. The largest absolute Gasteiger partial charge is 0.497 e. The van der Waals surface area contributed by atoms with Gasteiger partial charge in [-0.05, 0) is 80.7 Å². The van der Waals surface area contributed by atoms with Gasteiger partial charge in [-0.1, -0.05) is 56.7 Å². The van der Waals surface area contributed by atoms with E-state index in [9.17, 15) is 0 Å². The van der Waals surface area contributed by atoms with Gasteiger partial charge in [0.1, 0.15) is 11.6 Å². The Bertz CT molecular complexity index is 937. The highest BCUT2D eigenvalue weighted by Crippen LogP contribution is 2.32. The topological polar surface area (TPSA) is 28.6 Å². The number of para-hydroxylation sites is 1. The van der Waals surface area contributed by atoms with Gasteiger partial charge in [-0.2, -0.15) is 0 Å². The third kappa shape index (κ3) is 6.82. The van der Waals surface area contributed by atoms with Crippen molar-refractivity contribution in [2.45, 2.75) is 52.5 Å². The Hall–Kier alpha value is -2.85. The molecule has 0 aliphatic carbocycles. The molecule has 1 unspecified atom stereocenters. The van der Waals surface area contributed by atoms with E-state index < -0.39 is 0 Å². The lowest BCUT2D eigenvalue weighted by atomic mass is 10.1. The molecule has 0 N–H and O–H groups in total. The van der Waals surface area contributed by atoms with Crippen molar-refractivity contribution in [1.29, 1.82) is 0 Å². The van der Waals surface area contributed by atoms with Gasteiger partial charge < -0.3 is 9.64 Å². The van der Waals surface area contributed by atoms with E-state index in [0.29, 0.717) is 6.04 Å². The number of aromatic nitrogens is 1. The van der Waals surface area contributed by atoms with Crippen molar-refractivity contribution < 1.29 is 4.74 Å². The molecule has 33 heavy (non-hydrogen) atoms. The van der Waals surface area contributed by atoms with Gasteiger partial charge in [-0.25, -0.2) is 4.98 Å². The molecule has 1 aromatic heterocycles. The highest BCUT2D eigenvalue weighted by Gasteiger charge is 2.20. The molecule has 0 bridgehead atoms. The molecule has 2 aromatic carbocycles. The fourth-order valence-corrected chi connectivity index (χ4v) is 4.31. The van der Waals surface area contributed by atoms with E-state index in [2.05, 4.69) is 78.0 Å². The third-order valence-corrected chi connectivity index (χ3v) is 6.10. The van der Waals surface area contributed by atoms with Crippen molar-refractivity contribution in [3.8, 4) is 5.75 Å². The number of ether oxygens (including phenoxy) is 1. The zero-order chi connectivity index (χ0) is 23.5. The highest BCUT2D eigenvalue weighted by molar-refractivity contribution is 5.67. The Balaban J connectivity index is 0.000000166. The molecule has 2 aliphatic heterocycles. The number of likely N-dealkylation sites (tertiary alicyclic amines) is 1. The number of methoxy groups -OCH3 is 1. The standard InChI is InChI=1S/C13H12N2.C13H19NO.C3H8/c1-2-6-12-11(5-1)8-10-15(12)13-7-3-4-9-14-13;1-11(14-9-3-4-10-14)12-5-7-13(15-2)8-6-12;1-3-2/h1-7,9H,8,10H2;5-8,11H,3-4,9-10H2,1-2H3;3H2,1-2H3. The molecule has 2 aliphatic rings. The molecule has 1 fully saturated rings. The van der Waals surface area contributed by atoms with Crippen LogP contribution in [0.1, 0.15) is 57.2 Å². The van der Waals surface area contributed by atoms with Crippen LogP contribution in [-0.2, 0) is 6.42 Å². The molecule has 3 aromatic rings. The van der Waals surface area contributed by atoms with E-state index in [1.165, 1.54) is 49.2 Å². The van der Waals surface area contributed by atoms with Gasteiger partial charge in [-0.15, -0.1) is 0 Å². The molecule has 4 nitrogen and oxygen atoms in total. The number of hydrogen-bond donors (Lipinski definition) is 0. The maximum Gasteiger partial charge on any atom is 0.132 e. The van der Waals surface area contributed by atoms with Crippen molar-refractivity contribution in [1.82, 2.24) is 9.88 Å². The molecular weight excluding hydrogens is 406 g/mol. The summed E-state index contributed by atoms with van der Waals surface area (Å²) in [5.74, 6) is 1.98. The van der Waals surface area contributed by atoms with E-state index in [1.807, 2.05) is 30.5 Å². The Labute approximate surface area is 200 Å². The Morgan fingerprint density at radius 3 is 2.18 bits per heavy atom. The molecule has 4 heteroatoms. The summed E-state index contributed by atoms with van der Waals surface area (Å²) in [6, 6.07) is 23.5. The van der Waals surface area contributed by atoms with Gasteiger partial charge in [0, 0.05) is 24.5 Å². The summed E-state index contributed by atoms with van der Waals surface area (Å²) >= 11 is 0. The van der Waals surface area contributed by atoms with Crippen LogP contribution in [0.15, 0.2) is 72.9 Å². The summed E-state index contributed by atoms with van der Waals surface area (Å²) in [6.45, 7) is 10.1. The minimum absolute atomic E-state index is 0.540. The van der Waals surface area contributed by atoms with Crippen LogP contribution in [0.4, 0.5) is 11.5 Å². The normalized spacial score (nSPS) is 15.6. The molecule has 0 radical (unpaired) electrons. The first-order valence-electron chi connectivity index (χ1n) is 12.3. The third-order valence-electron chi connectivity index (χ3n) is 6.10. The molecule has 1 saturated heterocycles. The van der Waals surface area contributed by atoms with Crippen molar-refractivity contribution in [3.63, 3.8) is 0 Å². The highest BCUT2D eigenvalue weighted by atomic mass is 16.5. The quantitative estimate of drug-likeness (QED) is 0.430. The van der Waals surface area contributed by atoms with Crippen LogP contribution in [0, 0.1) is 0 Å². The van der Waals surface area contributed by atoms with Crippen molar-refractivity contribution in [3.05, 3.63) is 84.1 Å². The summed E-state index contributed by atoms with van der Waals surface area (Å²) < 4.78 is 5.16. The van der Waals surface area contributed by atoms with Crippen molar-refractivity contribution in [2.75, 3.05) is 31.6 Å². The first kappa shape index (κ1) is 24.8. The lowest BCUT2D eigenvalue weighted by molar-refractivity contribution is 0.263. The Morgan fingerprint density at radius 2 is 1.55 bits per heavy atom. The van der Waals surface area contributed by atoms with Crippen molar-refractivity contribution in [2.24, 2.45) is 0 Å². The SMILES string of the molecule is CCC.COc1ccc(C(C)N2CCCC2)cc1.c1ccc(N2CCc3ccccc32)nc1. The second kappa shape index (κ2) is 13.0. The molecule has 0 amide bonds. The van der Waals surface area contributed by atoms with Crippen LogP contribution in [0.2, 0.25) is 0 Å². The summed E-state index contributed by atoms with van der Waals surface area (Å²) in [7, 11) is 1.71. The number of hydrogen-bond acceptors (Lipinski definition) is 4.